The average Bonchev–Trinajstić information content (AvgIpc) is 2.82. The van der Waals surface area contributed by atoms with Gasteiger partial charge in [-0.15, -0.1) is 0 Å². The van der Waals surface area contributed by atoms with Crippen molar-refractivity contribution < 1.29 is 18.3 Å². The van der Waals surface area contributed by atoms with E-state index in [1.807, 2.05) is 4.90 Å². The molecule has 0 aromatic heterocycles. The standard InChI is InChI=1S/C13H15F2NO2/c1-2-18-13(17)9-5-6-16(8-9)10-3-4-11(14)12(15)7-10/h3-4,7,9H,2,5-6,8H2,1H3. The van der Waals surface area contributed by atoms with Crippen molar-refractivity contribution in [2.45, 2.75) is 13.3 Å². The fourth-order valence-corrected chi connectivity index (χ4v) is 2.13. The molecule has 98 valence electrons. The number of carbonyl (C=O) groups is 1. The van der Waals surface area contributed by atoms with Crippen LogP contribution in [0.25, 0.3) is 0 Å². The lowest BCUT2D eigenvalue weighted by Crippen LogP contribution is -2.24. The number of benzene rings is 1. The number of anilines is 1. The molecule has 2 rings (SSSR count). The van der Waals surface area contributed by atoms with Gasteiger partial charge in [0.25, 0.3) is 0 Å². The highest BCUT2D eigenvalue weighted by molar-refractivity contribution is 5.74. The first kappa shape index (κ1) is 12.8. The number of ether oxygens (including phenoxy) is 1. The quantitative estimate of drug-likeness (QED) is 0.776. The second kappa shape index (κ2) is 5.33. The Morgan fingerprint density at radius 1 is 1.44 bits per heavy atom. The maximum atomic E-state index is 13.1. The number of halogens is 2. The number of nitrogens with zero attached hydrogens (tertiary/aromatic N) is 1. The molecule has 1 heterocycles. The average molecular weight is 255 g/mol. The molecule has 0 bridgehead atoms. The van der Waals surface area contributed by atoms with E-state index in [1.54, 1.807) is 6.92 Å². The van der Waals surface area contributed by atoms with Gasteiger partial charge in [0, 0.05) is 24.8 Å². The summed E-state index contributed by atoms with van der Waals surface area (Å²) in [6.45, 7) is 3.26. The van der Waals surface area contributed by atoms with E-state index < -0.39 is 11.6 Å². The molecular weight excluding hydrogens is 240 g/mol. The van der Waals surface area contributed by atoms with Crippen LogP contribution in [0.2, 0.25) is 0 Å². The van der Waals surface area contributed by atoms with E-state index in [2.05, 4.69) is 0 Å². The van der Waals surface area contributed by atoms with E-state index in [0.29, 0.717) is 31.8 Å². The molecule has 18 heavy (non-hydrogen) atoms. The van der Waals surface area contributed by atoms with Crippen molar-refractivity contribution in [2.24, 2.45) is 5.92 Å². The minimum atomic E-state index is -0.868. The minimum Gasteiger partial charge on any atom is -0.466 e. The Labute approximate surface area is 104 Å². The van der Waals surface area contributed by atoms with Crippen LogP contribution in [0.1, 0.15) is 13.3 Å². The normalized spacial score (nSPS) is 19.1. The lowest BCUT2D eigenvalue weighted by atomic mass is 10.1. The summed E-state index contributed by atoms with van der Waals surface area (Å²) in [7, 11) is 0. The number of hydrogen-bond acceptors (Lipinski definition) is 3. The smallest absolute Gasteiger partial charge is 0.310 e. The van der Waals surface area contributed by atoms with Gasteiger partial charge in [0.15, 0.2) is 11.6 Å². The molecule has 0 spiro atoms. The molecule has 1 aromatic rings. The molecule has 1 saturated heterocycles. The molecule has 1 aromatic carbocycles. The lowest BCUT2D eigenvalue weighted by Gasteiger charge is -2.18. The van der Waals surface area contributed by atoms with E-state index in [1.165, 1.54) is 6.07 Å². The molecule has 1 unspecified atom stereocenters. The van der Waals surface area contributed by atoms with E-state index >= 15 is 0 Å². The summed E-state index contributed by atoms with van der Waals surface area (Å²) < 4.78 is 30.9. The number of rotatable bonds is 3. The van der Waals surface area contributed by atoms with Gasteiger partial charge >= 0.3 is 5.97 Å². The highest BCUT2D eigenvalue weighted by atomic mass is 19.2. The van der Waals surface area contributed by atoms with Crippen LogP contribution in [0.4, 0.5) is 14.5 Å². The number of carbonyl (C=O) groups excluding carboxylic acids is 1. The van der Waals surface area contributed by atoms with Crippen LogP contribution < -0.4 is 4.90 Å². The topological polar surface area (TPSA) is 29.5 Å². The molecule has 0 N–H and O–H groups in total. The van der Waals surface area contributed by atoms with Gasteiger partial charge in [0.05, 0.1) is 12.5 Å². The summed E-state index contributed by atoms with van der Waals surface area (Å²) in [5, 5.41) is 0. The first-order chi connectivity index (χ1) is 8.61. The first-order valence-electron chi connectivity index (χ1n) is 5.98. The number of esters is 1. The summed E-state index contributed by atoms with van der Waals surface area (Å²) in [6, 6.07) is 3.77. The minimum absolute atomic E-state index is 0.182. The third kappa shape index (κ3) is 2.60. The van der Waals surface area contributed by atoms with Crippen molar-refractivity contribution in [3.63, 3.8) is 0 Å². The number of hydrogen-bond donors (Lipinski definition) is 0. The molecule has 5 heteroatoms. The molecule has 0 radical (unpaired) electrons. The second-order valence-corrected chi connectivity index (χ2v) is 4.28. The Morgan fingerprint density at radius 3 is 2.89 bits per heavy atom. The van der Waals surface area contributed by atoms with Crippen LogP contribution in [0.3, 0.4) is 0 Å². The van der Waals surface area contributed by atoms with Crippen molar-refractivity contribution >= 4 is 11.7 Å². The first-order valence-corrected chi connectivity index (χ1v) is 5.98. The SMILES string of the molecule is CCOC(=O)C1CCN(c2ccc(F)c(F)c2)C1. The zero-order valence-corrected chi connectivity index (χ0v) is 10.2. The summed E-state index contributed by atoms with van der Waals surface area (Å²) in [4.78, 5) is 13.4. The van der Waals surface area contributed by atoms with Crippen molar-refractivity contribution in [3.8, 4) is 0 Å². The maximum Gasteiger partial charge on any atom is 0.310 e. The summed E-state index contributed by atoms with van der Waals surface area (Å²) in [6.07, 6.45) is 0.678. The van der Waals surface area contributed by atoms with Crippen LogP contribution >= 0.6 is 0 Å². The Bertz CT molecular complexity index is 451. The zero-order valence-electron chi connectivity index (χ0n) is 10.2. The van der Waals surface area contributed by atoms with Crippen LogP contribution in [-0.4, -0.2) is 25.7 Å². The fourth-order valence-electron chi connectivity index (χ4n) is 2.13. The monoisotopic (exact) mass is 255 g/mol. The maximum absolute atomic E-state index is 13.1. The third-order valence-corrected chi connectivity index (χ3v) is 3.08. The second-order valence-electron chi connectivity index (χ2n) is 4.28. The van der Waals surface area contributed by atoms with Gasteiger partial charge < -0.3 is 9.64 Å². The van der Waals surface area contributed by atoms with Gasteiger partial charge in [-0.3, -0.25) is 4.79 Å². The molecule has 0 amide bonds. The van der Waals surface area contributed by atoms with Gasteiger partial charge in [-0.25, -0.2) is 8.78 Å². The fraction of sp³-hybridized carbons (Fsp3) is 0.462. The largest absolute Gasteiger partial charge is 0.466 e. The lowest BCUT2D eigenvalue weighted by molar-refractivity contribution is -0.147. The van der Waals surface area contributed by atoms with Crippen LogP contribution in [0, 0.1) is 17.6 Å². The van der Waals surface area contributed by atoms with Crippen molar-refractivity contribution in [1.29, 1.82) is 0 Å². The Morgan fingerprint density at radius 2 is 2.22 bits per heavy atom. The molecule has 1 fully saturated rings. The molecule has 0 aliphatic carbocycles. The van der Waals surface area contributed by atoms with Crippen LogP contribution in [0.5, 0.6) is 0 Å². The van der Waals surface area contributed by atoms with E-state index in [4.69, 9.17) is 4.74 Å². The van der Waals surface area contributed by atoms with Gasteiger partial charge in [0.2, 0.25) is 0 Å². The van der Waals surface area contributed by atoms with Crippen molar-refractivity contribution in [2.75, 3.05) is 24.6 Å². The Balaban J connectivity index is 2.04. The summed E-state index contributed by atoms with van der Waals surface area (Å²) in [5.41, 5.74) is 0.598. The van der Waals surface area contributed by atoms with Crippen molar-refractivity contribution in [3.05, 3.63) is 29.8 Å². The van der Waals surface area contributed by atoms with Gasteiger partial charge in [0.1, 0.15) is 0 Å². The molecule has 1 aliphatic rings. The summed E-state index contributed by atoms with van der Waals surface area (Å²) >= 11 is 0. The van der Waals surface area contributed by atoms with Gasteiger partial charge in [-0.1, -0.05) is 0 Å². The van der Waals surface area contributed by atoms with Crippen LogP contribution in [-0.2, 0) is 9.53 Å². The van der Waals surface area contributed by atoms with Gasteiger partial charge in [-0.2, -0.15) is 0 Å². The molecule has 0 saturated carbocycles. The highest BCUT2D eigenvalue weighted by Gasteiger charge is 2.29. The molecule has 1 aliphatic heterocycles. The predicted molar refractivity (Wildman–Crippen MR) is 63.3 cm³/mol. The molecule has 3 nitrogen and oxygen atoms in total. The highest BCUT2D eigenvalue weighted by Crippen LogP contribution is 2.25. The molecule has 1 atom stereocenters. The van der Waals surface area contributed by atoms with E-state index in [0.717, 1.165) is 12.1 Å². The van der Waals surface area contributed by atoms with E-state index in [9.17, 15) is 13.6 Å². The Kier molecular flexibility index (Phi) is 3.79. The molecular formula is C13H15F2NO2. The Hall–Kier alpha value is -1.65. The zero-order chi connectivity index (χ0) is 13.1. The summed E-state index contributed by atoms with van der Waals surface area (Å²) in [5.74, 6) is -2.13. The van der Waals surface area contributed by atoms with E-state index in [-0.39, 0.29) is 11.9 Å². The van der Waals surface area contributed by atoms with Crippen LogP contribution in [0.15, 0.2) is 18.2 Å². The predicted octanol–water partition coefficient (Wildman–Crippen LogP) is 2.35. The van der Waals surface area contributed by atoms with Crippen molar-refractivity contribution in [1.82, 2.24) is 0 Å². The van der Waals surface area contributed by atoms with Gasteiger partial charge in [-0.05, 0) is 25.5 Å². The third-order valence-electron chi connectivity index (χ3n) is 3.08.